The SMILES string of the molecule is Oc1cccc2ccc(/C=N\Nc3ccc4cccnc4c3)nc12. The van der Waals surface area contributed by atoms with E-state index in [2.05, 4.69) is 20.5 Å². The average Bonchev–Trinajstić information content (AvgIpc) is 2.62. The summed E-state index contributed by atoms with van der Waals surface area (Å²) < 4.78 is 0. The van der Waals surface area contributed by atoms with Crippen molar-refractivity contribution in [2.24, 2.45) is 5.10 Å². The van der Waals surface area contributed by atoms with E-state index in [-0.39, 0.29) is 5.75 Å². The molecular weight excluding hydrogens is 300 g/mol. The number of aromatic nitrogens is 2. The fraction of sp³-hybridized carbons (Fsp3) is 0. The second-order valence-electron chi connectivity index (χ2n) is 5.37. The number of pyridine rings is 2. The molecule has 0 aliphatic heterocycles. The van der Waals surface area contributed by atoms with Crippen LogP contribution < -0.4 is 5.43 Å². The molecule has 24 heavy (non-hydrogen) atoms. The Morgan fingerprint density at radius 1 is 0.958 bits per heavy atom. The Morgan fingerprint density at radius 2 is 1.83 bits per heavy atom. The molecule has 0 aliphatic rings. The lowest BCUT2D eigenvalue weighted by atomic mass is 10.2. The van der Waals surface area contributed by atoms with E-state index in [0.29, 0.717) is 11.2 Å². The number of para-hydroxylation sites is 1. The maximum atomic E-state index is 9.87. The summed E-state index contributed by atoms with van der Waals surface area (Å²) in [5, 5.41) is 16.1. The first-order valence-corrected chi connectivity index (χ1v) is 7.52. The Kier molecular flexibility index (Phi) is 3.51. The first kappa shape index (κ1) is 14.1. The number of hydrazone groups is 1. The van der Waals surface area contributed by atoms with Crippen LogP contribution in [0.3, 0.4) is 0 Å². The maximum absolute atomic E-state index is 9.87. The summed E-state index contributed by atoms with van der Waals surface area (Å²) in [7, 11) is 0. The van der Waals surface area contributed by atoms with Crippen molar-refractivity contribution in [1.82, 2.24) is 9.97 Å². The lowest BCUT2D eigenvalue weighted by Gasteiger charge is -2.03. The summed E-state index contributed by atoms with van der Waals surface area (Å²) in [6.07, 6.45) is 3.38. The van der Waals surface area contributed by atoms with Gasteiger partial charge in [-0.25, -0.2) is 4.98 Å². The highest BCUT2D eigenvalue weighted by atomic mass is 16.3. The summed E-state index contributed by atoms with van der Waals surface area (Å²) in [5.41, 5.74) is 5.96. The Hall–Kier alpha value is -3.47. The largest absolute Gasteiger partial charge is 0.506 e. The van der Waals surface area contributed by atoms with Gasteiger partial charge in [-0.05, 0) is 30.3 Å². The Morgan fingerprint density at radius 3 is 2.79 bits per heavy atom. The third-order valence-corrected chi connectivity index (χ3v) is 3.72. The third-order valence-electron chi connectivity index (χ3n) is 3.72. The zero-order valence-electron chi connectivity index (χ0n) is 12.7. The normalized spacial score (nSPS) is 11.3. The fourth-order valence-corrected chi connectivity index (χ4v) is 2.53. The Balaban J connectivity index is 1.57. The molecule has 5 nitrogen and oxygen atoms in total. The highest BCUT2D eigenvalue weighted by Crippen LogP contribution is 2.22. The van der Waals surface area contributed by atoms with Crippen LogP contribution in [0.5, 0.6) is 5.75 Å². The van der Waals surface area contributed by atoms with Crippen molar-refractivity contribution in [2.75, 3.05) is 5.43 Å². The number of nitrogens with one attached hydrogen (secondary N) is 1. The van der Waals surface area contributed by atoms with Crippen molar-refractivity contribution < 1.29 is 5.11 Å². The zero-order chi connectivity index (χ0) is 16.4. The van der Waals surface area contributed by atoms with Gasteiger partial charge in [0, 0.05) is 17.0 Å². The molecule has 2 N–H and O–H groups in total. The summed E-state index contributed by atoms with van der Waals surface area (Å²) in [6, 6.07) is 18.9. The molecular formula is C19H14N4O. The van der Waals surface area contributed by atoms with Gasteiger partial charge in [0.2, 0.25) is 0 Å². The highest BCUT2D eigenvalue weighted by molar-refractivity contribution is 5.88. The van der Waals surface area contributed by atoms with Gasteiger partial charge < -0.3 is 5.11 Å². The molecule has 0 saturated carbocycles. The van der Waals surface area contributed by atoms with Crippen molar-refractivity contribution in [3.63, 3.8) is 0 Å². The molecule has 116 valence electrons. The number of phenolic OH excluding ortho intramolecular Hbond substituents is 1. The van der Waals surface area contributed by atoms with Crippen molar-refractivity contribution in [2.45, 2.75) is 0 Å². The van der Waals surface area contributed by atoms with Crippen LogP contribution >= 0.6 is 0 Å². The molecule has 0 fully saturated rings. The molecule has 0 saturated heterocycles. The van der Waals surface area contributed by atoms with E-state index >= 15 is 0 Å². The smallest absolute Gasteiger partial charge is 0.141 e. The number of aromatic hydroxyl groups is 1. The maximum Gasteiger partial charge on any atom is 0.141 e. The standard InChI is InChI=1S/C19H14N4O/c24-18-5-1-3-14-7-9-16(22-19(14)18)12-21-23-15-8-6-13-4-2-10-20-17(13)11-15/h1-12,23-24H/b21-12-. The van der Waals surface area contributed by atoms with Gasteiger partial charge in [-0.3, -0.25) is 10.4 Å². The minimum atomic E-state index is 0.163. The van der Waals surface area contributed by atoms with Gasteiger partial charge >= 0.3 is 0 Å². The molecule has 4 rings (SSSR count). The number of benzene rings is 2. The van der Waals surface area contributed by atoms with Gasteiger partial charge in [0.1, 0.15) is 11.3 Å². The number of nitrogens with zero attached hydrogens (tertiary/aromatic N) is 3. The molecule has 0 spiro atoms. The summed E-state index contributed by atoms with van der Waals surface area (Å²) in [4.78, 5) is 8.72. The highest BCUT2D eigenvalue weighted by Gasteiger charge is 2.01. The Bertz CT molecular complexity index is 1060. The van der Waals surface area contributed by atoms with Crippen LogP contribution in [0.1, 0.15) is 5.69 Å². The van der Waals surface area contributed by atoms with Crippen LogP contribution in [0, 0.1) is 0 Å². The quantitative estimate of drug-likeness (QED) is 0.444. The van der Waals surface area contributed by atoms with Gasteiger partial charge in [0.05, 0.1) is 23.1 Å². The summed E-state index contributed by atoms with van der Waals surface area (Å²) in [6.45, 7) is 0. The van der Waals surface area contributed by atoms with E-state index in [1.807, 2.05) is 48.5 Å². The summed E-state index contributed by atoms with van der Waals surface area (Å²) >= 11 is 0. The molecule has 0 aliphatic carbocycles. The van der Waals surface area contributed by atoms with Crippen LogP contribution in [0.25, 0.3) is 21.8 Å². The first-order chi connectivity index (χ1) is 11.8. The number of hydrogen-bond acceptors (Lipinski definition) is 5. The number of phenols is 1. The molecule has 2 aromatic carbocycles. The molecule has 0 radical (unpaired) electrons. The number of anilines is 1. The van der Waals surface area contributed by atoms with Crippen LogP contribution in [-0.4, -0.2) is 21.3 Å². The molecule has 2 heterocycles. The number of fused-ring (bicyclic) bond motifs is 2. The monoisotopic (exact) mass is 314 g/mol. The molecule has 5 heteroatoms. The third kappa shape index (κ3) is 2.75. The van der Waals surface area contributed by atoms with Crippen LogP contribution in [0.2, 0.25) is 0 Å². The fourth-order valence-electron chi connectivity index (χ4n) is 2.53. The predicted octanol–water partition coefficient (Wildman–Crippen LogP) is 3.93. The van der Waals surface area contributed by atoms with E-state index in [1.54, 1.807) is 24.5 Å². The lowest BCUT2D eigenvalue weighted by molar-refractivity contribution is 0.480. The van der Waals surface area contributed by atoms with E-state index < -0.39 is 0 Å². The minimum Gasteiger partial charge on any atom is -0.506 e. The zero-order valence-corrected chi connectivity index (χ0v) is 12.7. The van der Waals surface area contributed by atoms with Crippen molar-refractivity contribution in [3.8, 4) is 5.75 Å². The van der Waals surface area contributed by atoms with Crippen molar-refractivity contribution in [1.29, 1.82) is 0 Å². The van der Waals surface area contributed by atoms with Crippen LogP contribution in [-0.2, 0) is 0 Å². The van der Waals surface area contributed by atoms with Gasteiger partial charge in [0.15, 0.2) is 0 Å². The molecule has 0 bridgehead atoms. The minimum absolute atomic E-state index is 0.163. The molecule has 0 amide bonds. The molecule has 0 atom stereocenters. The van der Waals surface area contributed by atoms with E-state index in [9.17, 15) is 5.11 Å². The Labute approximate surface area is 138 Å². The number of hydrogen-bond donors (Lipinski definition) is 2. The second-order valence-corrected chi connectivity index (χ2v) is 5.37. The molecule has 2 aromatic heterocycles. The van der Waals surface area contributed by atoms with Gasteiger partial charge in [-0.1, -0.05) is 30.3 Å². The van der Waals surface area contributed by atoms with E-state index in [4.69, 9.17) is 0 Å². The van der Waals surface area contributed by atoms with E-state index in [1.165, 1.54) is 0 Å². The average molecular weight is 314 g/mol. The van der Waals surface area contributed by atoms with Gasteiger partial charge in [0.25, 0.3) is 0 Å². The van der Waals surface area contributed by atoms with Crippen LogP contribution in [0.4, 0.5) is 5.69 Å². The van der Waals surface area contributed by atoms with Gasteiger partial charge in [-0.2, -0.15) is 5.10 Å². The number of rotatable bonds is 3. The lowest BCUT2D eigenvalue weighted by Crippen LogP contribution is -1.93. The van der Waals surface area contributed by atoms with E-state index in [0.717, 1.165) is 22.0 Å². The topological polar surface area (TPSA) is 70.4 Å². The molecule has 0 unspecified atom stereocenters. The second kappa shape index (κ2) is 5.96. The van der Waals surface area contributed by atoms with Crippen LogP contribution in [0.15, 0.2) is 72.0 Å². The van der Waals surface area contributed by atoms with Crippen molar-refractivity contribution in [3.05, 3.63) is 72.6 Å². The predicted molar refractivity (Wildman–Crippen MR) is 96.4 cm³/mol. The summed E-state index contributed by atoms with van der Waals surface area (Å²) in [5.74, 6) is 0.163. The van der Waals surface area contributed by atoms with Crippen molar-refractivity contribution >= 4 is 33.7 Å². The van der Waals surface area contributed by atoms with Gasteiger partial charge in [-0.15, -0.1) is 0 Å². The first-order valence-electron chi connectivity index (χ1n) is 7.52. The molecule has 4 aromatic rings.